The van der Waals surface area contributed by atoms with Crippen LogP contribution >= 0.6 is 11.8 Å². The lowest BCUT2D eigenvalue weighted by Gasteiger charge is -2.21. The minimum Gasteiger partial charge on any atom is -0.467 e. The Hall–Kier alpha value is -3.26. The van der Waals surface area contributed by atoms with E-state index in [1.54, 1.807) is 29.2 Å². The SMILES string of the molecule is O=C(c1ccc(CSc2ncn[nH]2)cc1)N(Cc1ccco1)Cc1ccco1. The number of aromatic amines is 1. The molecular weight excluding hydrogens is 376 g/mol. The highest BCUT2D eigenvalue weighted by Crippen LogP contribution is 2.20. The Morgan fingerprint density at radius 1 is 1.00 bits per heavy atom. The van der Waals surface area contributed by atoms with E-state index in [1.807, 2.05) is 48.5 Å². The Bertz CT molecular complexity index is 945. The fourth-order valence-electron chi connectivity index (χ4n) is 2.72. The Morgan fingerprint density at radius 3 is 2.21 bits per heavy atom. The van der Waals surface area contributed by atoms with Gasteiger partial charge in [-0.2, -0.15) is 5.10 Å². The third kappa shape index (κ3) is 4.52. The van der Waals surface area contributed by atoms with Crippen LogP contribution in [0.4, 0.5) is 0 Å². The molecular formula is C20H18N4O3S. The number of nitrogens with one attached hydrogen (secondary N) is 1. The van der Waals surface area contributed by atoms with Gasteiger partial charge < -0.3 is 13.7 Å². The molecule has 4 aromatic rings. The van der Waals surface area contributed by atoms with Crippen molar-refractivity contribution in [3.05, 3.63) is 90.0 Å². The van der Waals surface area contributed by atoms with Crippen LogP contribution in [-0.2, 0) is 18.8 Å². The van der Waals surface area contributed by atoms with Crippen molar-refractivity contribution in [3.8, 4) is 0 Å². The summed E-state index contributed by atoms with van der Waals surface area (Å²) in [4.78, 5) is 18.9. The second kappa shape index (κ2) is 8.62. The molecule has 0 unspecified atom stereocenters. The van der Waals surface area contributed by atoms with E-state index in [2.05, 4.69) is 15.2 Å². The van der Waals surface area contributed by atoms with Crippen molar-refractivity contribution in [2.45, 2.75) is 24.0 Å². The minimum absolute atomic E-state index is 0.0813. The number of hydrogen-bond donors (Lipinski definition) is 1. The molecule has 4 rings (SSSR count). The van der Waals surface area contributed by atoms with Crippen LogP contribution in [0.25, 0.3) is 0 Å². The van der Waals surface area contributed by atoms with Gasteiger partial charge in [-0.05, 0) is 42.0 Å². The molecule has 8 heteroatoms. The molecule has 0 spiro atoms. The van der Waals surface area contributed by atoms with Gasteiger partial charge in [-0.15, -0.1) is 0 Å². The van der Waals surface area contributed by atoms with Crippen molar-refractivity contribution in [2.75, 3.05) is 0 Å². The Kier molecular flexibility index (Phi) is 5.58. The average Bonchev–Trinajstić information content (AvgIpc) is 3.49. The number of carbonyl (C=O) groups is 1. The van der Waals surface area contributed by atoms with Crippen molar-refractivity contribution in [3.63, 3.8) is 0 Å². The summed E-state index contributed by atoms with van der Waals surface area (Å²) in [6.45, 7) is 0.741. The Morgan fingerprint density at radius 2 is 1.68 bits per heavy atom. The minimum atomic E-state index is -0.0813. The van der Waals surface area contributed by atoms with Gasteiger partial charge in [-0.3, -0.25) is 9.89 Å². The Balaban J connectivity index is 1.45. The molecule has 0 saturated heterocycles. The van der Waals surface area contributed by atoms with Crippen LogP contribution in [0, 0.1) is 0 Å². The number of rotatable bonds is 8. The molecule has 1 amide bonds. The summed E-state index contributed by atoms with van der Waals surface area (Å²) < 4.78 is 10.8. The summed E-state index contributed by atoms with van der Waals surface area (Å²) in [6, 6.07) is 14.9. The highest BCUT2D eigenvalue weighted by molar-refractivity contribution is 7.98. The van der Waals surface area contributed by atoms with E-state index in [9.17, 15) is 4.79 Å². The number of nitrogens with zero attached hydrogens (tertiary/aromatic N) is 3. The molecule has 1 N–H and O–H groups in total. The number of aromatic nitrogens is 3. The van der Waals surface area contributed by atoms with Gasteiger partial charge in [-0.25, -0.2) is 4.98 Å². The normalized spacial score (nSPS) is 10.9. The highest BCUT2D eigenvalue weighted by atomic mass is 32.2. The zero-order valence-electron chi connectivity index (χ0n) is 14.9. The van der Waals surface area contributed by atoms with Gasteiger partial charge in [0.25, 0.3) is 5.91 Å². The average molecular weight is 394 g/mol. The molecule has 1 aromatic carbocycles. The molecule has 7 nitrogen and oxygen atoms in total. The molecule has 0 aliphatic carbocycles. The topological polar surface area (TPSA) is 88.2 Å². The van der Waals surface area contributed by atoms with E-state index in [0.29, 0.717) is 18.7 Å². The van der Waals surface area contributed by atoms with Gasteiger partial charge in [0.15, 0.2) is 5.16 Å². The summed E-state index contributed by atoms with van der Waals surface area (Å²) in [7, 11) is 0. The molecule has 3 aromatic heterocycles. The van der Waals surface area contributed by atoms with Crippen LogP contribution in [0.5, 0.6) is 0 Å². The first-order valence-corrected chi connectivity index (χ1v) is 9.67. The van der Waals surface area contributed by atoms with E-state index in [-0.39, 0.29) is 5.91 Å². The number of amides is 1. The largest absolute Gasteiger partial charge is 0.467 e. The second-order valence-electron chi connectivity index (χ2n) is 6.10. The number of thioether (sulfide) groups is 1. The van der Waals surface area contributed by atoms with Gasteiger partial charge in [-0.1, -0.05) is 23.9 Å². The highest BCUT2D eigenvalue weighted by Gasteiger charge is 2.19. The lowest BCUT2D eigenvalue weighted by Crippen LogP contribution is -2.29. The van der Waals surface area contributed by atoms with Crippen molar-refractivity contribution in [1.82, 2.24) is 20.1 Å². The fraction of sp³-hybridized carbons (Fsp3) is 0.150. The van der Waals surface area contributed by atoms with Crippen LogP contribution in [-0.4, -0.2) is 26.0 Å². The molecule has 0 radical (unpaired) electrons. The standard InChI is InChI=1S/C20H18N4O3S/c25-19(16-7-5-15(6-8-16)13-28-20-21-14-22-23-20)24(11-17-3-1-9-26-17)12-18-4-2-10-27-18/h1-10,14H,11-13H2,(H,21,22,23). The third-order valence-electron chi connectivity index (χ3n) is 4.11. The Labute approximate surface area is 165 Å². The smallest absolute Gasteiger partial charge is 0.254 e. The summed E-state index contributed by atoms with van der Waals surface area (Å²) >= 11 is 1.56. The number of hydrogen-bond acceptors (Lipinski definition) is 6. The number of H-pyrrole nitrogens is 1. The molecule has 142 valence electrons. The molecule has 3 heterocycles. The lowest BCUT2D eigenvalue weighted by molar-refractivity contribution is 0.0705. The first-order chi connectivity index (χ1) is 13.8. The van der Waals surface area contributed by atoms with E-state index < -0.39 is 0 Å². The van der Waals surface area contributed by atoms with Crippen molar-refractivity contribution in [2.24, 2.45) is 0 Å². The fourth-order valence-corrected chi connectivity index (χ4v) is 3.46. The lowest BCUT2D eigenvalue weighted by atomic mass is 10.1. The van der Waals surface area contributed by atoms with E-state index in [1.165, 1.54) is 6.33 Å². The third-order valence-corrected chi connectivity index (χ3v) is 5.06. The molecule has 0 aliphatic heterocycles. The molecule has 0 fully saturated rings. The number of furan rings is 2. The van der Waals surface area contributed by atoms with Crippen LogP contribution in [0.15, 0.2) is 81.4 Å². The maximum absolute atomic E-state index is 13.1. The van der Waals surface area contributed by atoms with Gasteiger partial charge in [0.05, 0.1) is 25.6 Å². The summed E-state index contributed by atoms with van der Waals surface area (Å²) in [6.07, 6.45) is 4.69. The predicted molar refractivity (Wildman–Crippen MR) is 103 cm³/mol. The van der Waals surface area contributed by atoms with Crippen LogP contribution in [0.3, 0.4) is 0 Å². The quantitative estimate of drug-likeness (QED) is 0.452. The van der Waals surface area contributed by atoms with Crippen LogP contribution < -0.4 is 0 Å². The molecule has 0 atom stereocenters. The van der Waals surface area contributed by atoms with E-state index in [0.717, 1.165) is 28.0 Å². The van der Waals surface area contributed by atoms with Crippen molar-refractivity contribution in [1.29, 1.82) is 0 Å². The zero-order valence-corrected chi connectivity index (χ0v) is 15.8. The van der Waals surface area contributed by atoms with Gasteiger partial charge in [0.2, 0.25) is 0 Å². The van der Waals surface area contributed by atoms with Gasteiger partial charge in [0.1, 0.15) is 17.8 Å². The summed E-state index contributed by atoms with van der Waals surface area (Å²) in [5.74, 6) is 2.11. The maximum atomic E-state index is 13.1. The number of benzene rings is 1. The van der Waals surface area contributed by atoms with Crippen LogP contribution in [0.2, 0.25) is 0 Å². The summed E-state index contributed by atoms with van der Waals surface area (Å²) in [5, 5.41) is 7.41. The molecule has 28 heavy (non-hydrogen) atoms. The molecule has 0 bridgehead atoms. The van der Waals surface area contributed by atoms with Gasteiger partial charge >= 0.3 is 0 Å². The zero-order chi connectivity index (χ0) is 19.2. The first kappa shape index (κ1) is 18.1. The van der Waals surface area contributed by atoms with E-state index in [4.69, 9.17) is 8.83 Å². The molecule has 0 saturated carbocycles. The van der Waals surface area contributed by atoms with E-state index >= 15 is 0 Å². The first-order valence-electron chi connectivity index (χ1n) is 8.69. The predicted octanol–water partition coefficient (Wildman–Crippen LogP) is 4.13. The second-order valence-corrected chi connectivity index (χ2v) is 7.06. The van der Waals surface area contributed by atoms with Crippen LogP contribution in [0.1, 0.15) is 27.4 Å². The van der Waals surface area contributed by atoms with Gasteiger partial charge in [0, 0.05) is 11.3 Å². The monoisotopic (exact) mass is 394 g/mol. The van der Waals surface area contributed by atoms with Crippen molar-refractivity contribution >= 4 is 17.7 Å². The summed E-state index contributed by atoms with van der Waals surface area (Å²) in [5.41, 5.74) is 1.72. The van der Waals surface area contributed by atoms with Crippen molar-refractivity contribution < 1.29 is 13.6 Å². The maximum Gasteiger partial charge on any atom is 0.254 e. The molecule has 0 aliphatic rings. The number of carbonyl (C=O) groups excluding carboxylic acids is 1.